The Hall–Kier alpha value is -2.07. The number of ketones is 1. The van der Waals surface area contributed by atoms with Crippen molar-refractivity contribution in [2.45, 2.75) is 25.0 Å². The van der Waals surface area contributed by atoms with E-state index >= 15 is 0 Å². The fraction of sp³-hybridized carbons (Fsp3) is 0.300. The smallest absolute Gasteiger partial charge is 0.315 e. The summed E-state index contributed by atoms with van der Waals surface area (Å²) < 4.78 is 5.12. The van der Waals surface area contributed by atoms with Crippen molar-refractivity contribution in [3.05, 3.63) is 71.8 Å². The van der Waals surface area contributed by atoms with Crippen molar-refractivity contribution >= 4 is 23.5 Å². The maximum Gasteiger partial charge on any atom is 0.315 e. The average molecular weight is 342 g/mol. The molecule has 0 aliphatic heterocycles. The van der Waals surface area contributed by atoms with Gasteiger partial charge in [-0.05, 0) is 12.0 Å². The molecule has 24 heavy (non-hydrogen) atoms. The van der Waals surface area contributed by atoms with Crippen molar-refractivity contribution in [2.24, 2.45) is 0 Å². The molecule has 0 bridgehead atoms. The summed E-state index contributed by atoms with van der Waals surface area (Å²) in [5, 5.41) is -0.0620. The standard InChI is InChI=1S/C20H22O3S/c1-2-13-23-20(22)15-24-19(17-11-7-4-8-12-17)14-18(21)16-9-5-3-6-10-16/h3-12,19H,2,13-15H2,1H3. The molecule has 126 valence electrons. The van der Waals surface area contributed by atoms with Crippen LogP contribution in [0.5, 0.6) is 0 Å². The molecule has 2 rings (SSSR count). The molecular formula is C20H22O3S. The van der Waals surface area contributed by atoms with Gasteiger partial charge in [0.15, 0.2) is 5.78 Å². The first-order chi connectivity index (χ1) is 11.7. The average Bonchev–Trinajstić information content (AvgIpc) is 2.64. The molecule has 0 N–H and O–H groups in total. The van der Waals surface area contributed by atoms with E-state index in [1.165, 1.54) is 11.8 Å². The molecule has 0 amide bonds. The van der Waals surface area contributed by atoms with Gasteiger partial charge in [0.25, 0.3) is 0 Å². The lowest BCUT2D eigenvalue weighted by Crippen LogP contribution is -2.11. The SMILES string of the molecule is CCCOC(=O)CSC(CC(=O)c1ccccc1)c1ccccc1. The lowest BCUT2D eigenvalue weighted by atomic mass is 10.0. The van der Waals surface area contributed by atoms with Gasteiger partial charge in [-0.1, -0.05) is 67.6 Å². The quantitative estimate of drug-likeness (QED) is 0.490. The van der Waals surface area contributed by atoms with E-state index in [0.29, 0.717) is 18.6 Å². The molecule has 1 atom stereocenters. The van der Waals surface area contributed by atoms with E-state index in [0.717, 1.165) is 12.0 Å². The topological polar surface area (TPSA) is 43.4 Å². The summed E-state index contributed by atoms with van der Waals surface area (Å²) >= 11 is 1.46. The maximum atomic E-state index is 12.5. The summed E-state index contributed by atoms with van der Waals surface area (Å²) in [5.74, 6) is 0.107. The predicted molar refractivity (Wildman–Crippen MR) is 98.3 cm³/mol. The fourth-order valence-corrected chi connectivity index (χ4v) is 3.32. The van der Waals surface area contributed by atoms with Crippen LogP contribution in [0.15, 0.2) is 60.7 Å². The number of ether oxygens (including phenoxy) is 1. The van der Waals surface area contributed by atoms with E-state index in [1.807, 2.05) is 67.6 Å². The van der Waals surface area contributed by atoms with Crippen molar-refractivity contribution in [3.8, 4) is 0 Å². The number of carbonyl (C=O) groups excluding carboxylic acids is 2. The van der Waals surface area contributed by atoms with Crippen molar-refractivity contribution in [3.63, 3.8) is 0 Å². The van der Waals surface area contributed by atoms with Crippen molar-refractivity contribution in [1.82, 2.24) is 0 Å². The molecule has 2 aromatic rings. The zero-order valence-corrected chi connectivity index (χ0v) is 14.6. The van der Waals surface area contributed by atoms with Gasteiger partial charge < -0.3 is 4.74 Å². The minimum atomic E-state index is -0.227. The monoisotopic (exact) mass is 342 g/mol. The van der Waals surface area contributed by atoms with Gasteiger partial charge in [0.1, 0.15) is 0 Å². The van der Waals surface area contributed by atoms with Crippen molar-refractivity contribution in [1.29, 1.82) is 0 Å². The van der Waals surface area contributed by atoms with E-state index in [2.05, 4.69) is 0 Å². The summed E-state index contributed by atoms with van der Waals surface area (Å²) in [7, 11) is 0. The van der Waals surface area contributed by atoms with Gasteiger partial charge in [0.05, 0.1) is 12.4 Å². The first-order valence-electron chi connectivity index (χ1n) is 8.11. The predicted octanol–water partition coefficient (Wildman–Crippen LogP) is 4.69. The molecule has 0 radical (unpaired) electrons. The van der Waals surface area contributed by atoms with E-state index in [9.17, 15) is 9.59 Å². The minimum Gasteiger partial charge on any atom is -0.465 e. The normalized spacial score (nSPS) is 11.7. The largest absolute Gasteiger partial charge is 0.465 e. The van der Waals surface area contributed by atoms with E-state index in [1.54, 1.807) is 0 Å². The molecular weight excluding hydrogens is 320 g/mol. The molecule has 2 aromatic carbocycles. The third-order valence-corrected chi connectivity index (χ3v) is 4.75. The molecule has 0 saturated carbocycles. The summed E-state index contributed by atoms with van der Waals surface area (Å²) in [6.07, 6.45) is 1.17. The van der Waals surface area contributed by atoms with Crippen LogP contribution in [0.25, 0.3) is 0 Å². The molecule has 0 aromatic heterocycles. The summed E-state index contributed by atoms with van der Waals surface area (Å²) in [4.78, 5) is 24.3. The first kappa shape index (κ1) is 18.3. The molecule has 1 unspecified atom stereocenters. The third-order valence-electron chi connectivity index (χ3n) is 3.51. The lowest BCUT2D eigenvalue weighted by Gasteiger charge is -2.16. The van der Waals surface area contributed by atoms with Crippen molar-refractivity contribution in [2.75, 3.05) is 12.4 Å². The highest BCUT2D eigenvalue weighted by Gasteiger charge is 2.19. The molecule has 0 saturated heterocycles. The van der Waals surface area contributed by atoms with Gasteiger partial charge in [0.2, 0.25) is 0 Å². The second kappa shape index (κ2) is 9.93. The number of hydrogen-bond acceptors (Lipinski definition) is 4. The van der Waals surface area contributed by atoms with Crippen LogP contribution in [0.4, 0.5) is 0 Å². The van der Waals surface area contributed by atoms with Crippen molar-refractivity contribution < 1.29 is 14.3 Å². The number of rotatable bonds is 9. The van der Waals surface area contributed by atoms with Crippen LogP contribution in [-0.4, -0.2) is 24.1 Å². The van der Waals surface area contributed by atoms with Crippen LogP contribution in [0, 0.1) is 0 Å². The van der Waals surface area contributed by atoms with E-state index < -0.39 is 0 Å². The summed E-state index contributed by atoms with van der Waals surface area (Å²) in [5.41, 5.74) is 1.75. The number of esters is 1. The van der Waals surface area contributed by atoms with Gasteiger partial charge in [-0.25, -0.2) is 0 Å². The number of Topliss-reactive ketones (excluding diaryl/α,β-unsaturated/α-hetero) is 1. The molecule has 0 heterocycles. The molecule has 0 aliphatic rings. The number of hydrogen-bond donors (Lipinski definition) is 0. The highest BCUT2D eigenvalue weighted by Crippen LogP contribution is 2.33. The summed E-state index contributed by atoms with van der Waals surface area (Å²) in [6.45, 7) is 2.41. The zero-order chi connectivity index (χ0) is 17.2. The van der Waals surface area contributed by atoms with Crippen LogP contribution in [0.3, 0.4) is 0 Å². The van der Waals surface area contributed by atoms with Gasteiger partial charge in [0, 0.05) is 17.2 Å². The Morgan fingerprint density at radius 1 is 1.00 bits per heavy atom. The Morgan fingerprint density at radius 2 is 1.62 bits per heavy atom. The fourth-order valence-electron chi connectivity index (χ4n) is 2.28. The van der Waals surface area contributed by atoms with Crippen LogP contribution in [0.2, 0.25) is 0 Å². The lowest BCUT2D eigenvalue weighted by molar-refractivity contribution is -0.140. The number of carbonyl (C=O) groups is 2. The molecule has 4 heteroatoms. The maximum absolute atomic E-state index is 12.5. The first-order valence-corrected chi connectivity index (χ1v) is 9.16. The van der Waals surface area contributed by atoms with Crippen LogP contribution in [-0.2, 0) is 9.53 Å². The van der Waals surface area contributed by atoms with E-state index in [-0.39, 0.29) is 22.8 Å². The van der Waals surface area contributed by atoms with Gasteiger partial charge in [-0.2, -0.15) is 0 Å². The van der Waals surface area contributed by atoms with Crippen LogP contribution >= 0.6 is 11.8 Å². The van der Waals surface area contributed by atoms with Crippen LogP contribution in [0.1, 0.15) is 40.9 Å². The summed E-state index contributed by atoms with van der Waals surface area (Å²) in [6, 6.07) is 19.1. The van der Waals surface area contributed by atoms with Gasteiger partial charge >= 0.3 is 5.97 Å². The second-order valence-electron chi connectivity index (χ2n) is 5.42. The van der Waals surface area contributed by atoms with Gasteiger partial charge in [-0.15, -0.1) is 11.8 Å². The zero-order valence-electron chi connectivity index (χ0n) is 13.8. The Labute approximate surface area is 147 Å². The Bertz CT molecular complexity index is 640. The minimum absolute atomic E-state index is 0.0620. The molecule has 0 spiro atoms. The number of benzene rings is 2. The van der Waals surface area contributed by atoms with Crippen LogP contribution < -0.4 is 0 Å². The Morgan fingerprint density at radius 3 is 2.25 bits per heavy atom. The van der Waals surface area contributed by atoms with Gasteiger partial charge in [-0.3, -0.25) is 9.59 Å². The molecule has 3 nitrogen and oxygen atoms in total. The number of thioether (sulfide) groups is 1. The highest BCUT2D eigenvalue weighted by atomic mass is 32.2. The third kappa shape index (κ3) is 5.85. The molecule has 0 aliphatic carbocycles. The molecule has 0 fully saturated rings. The van der Waals surface area contributed by atoms with E-state index in [4.69, 9.17) is 4.74 Å². The Kier molecular flexibility index (Phi) is 7.56. The Balaban J connectivity index is 2.03. The highest BCUT2D eigenvalue weighted by molar-refractivity contribution is 8.00. The second-order valence-corrected chi connectivity index (χ2v) is 6.62.